The maximum absolute atomic E-state index is 12.0. The van der Waals surface area contributed by atoms with E-state index in [-0.39, 0.29) is 5.97 Å². The Morgan fingerprint density at radius 2 is 2.10 bits per heavy atom. The molecule has 0 aliphatic heterocycles. The molecule has 0 unspecified atom stereocenters. The zero-order valence-electron chi connectivity index (χ0n) is 12.3. The molecule has 2 aromatic rings. The van der Waals surface area contributed by atoms with Crippen molar-refractivity contribution < 1.29 is 9.53 Å². The van der Waals surface area contributed by atoms with Crippen molar-refractivity contribution in [2.24, 2.45) is 0 Å². The zero-order valence-corrected chi connectivity index (χ0v) is 13.9. The van der Waals surface area contributed by atoms with Crippen LogP contribution in [-0.4, -0.2) is 12.6 Å². The summed E-state index contributed by atoms with van der Waals surface area (Å²) in [4.78, 5) is 13.4. The number of carbonyl (C=O) groups excluding carboxylic acids is 1. The van der Waals surface area contributed by atoms with Crippen LogP contribution in [0.4, 0.5) is 5.69 Å². The Morgan fingerprint density at radius 1 is 1.38 bits per heavy atom. The Balaban J connectivity index is 2.61. The number of ether oxygens (including phenoxy) is 1. The molecule has 0 bridgehead atoms. The minimum Gasteiger partial charge on any atom is -0.462 e. The number of nitrogen functional groups attached to an aromatic ring is 1. The van der Waals surface area contributed by atoms with E-state index in [0.29, 0.717) is 22.2 Å². The largest absolute Gasteiger partial charge is 0.462 e. The summed E-state index contributed by atoms with van der Waals surface area (Å²) in [5.74, 6) is -0.371. The fourth-order valence-corrected chi connectivity index (χ4v) is 3.73. The van der Waals surface area contributed by atoms with Gasteiger partial charge in [-0.15, -0.1) is 11.3 Å². The molecule has 0 spiro atoms. The van der Waals surface area contributed by atoms with E-state index in [4.69, 9.17) is 22.1 Å². The van der Waals surface area contributed by atoms with Crippen molar-refractivity contribution in [3.8, 4) is 10.4 Å². The van der Waals surface area contributed by atoms with E-state index in [2.05, 4.69) is 0 Å². The lowest BCUT2D eigenvalue weighted by Crippen LogP contribution is -2.05. The van der Waals surface area contributed by atoms with Crippen LogP contribution in [0.5, 0.6) is 0 Å². The minimum atomic E-state index is -0.371. The molecule has 112 valence electrons. The van der Waals surface area contributed by atoms with Gasteiger partial charge in [0.1, 0.15) is 4.88 Å². The quantitative estimate of drug-likeness (QED) is 0.830. The summed E-state index contributed by atoms with van der Waals surface area (Å²) in [6, 6.07) is 5.87. The summed E-state index contributed by atoms with van der Waals surface area (Å²) < 4.78 is 5.07. The van der Waals surface area contributed by atoms with Gasteiger partial charge in [-0.05, 0) is 31.4 Å². The van der Waals surface area contributed by atoms with Crippen LogP contribution in [-0.2, 0) is 11.2 Å². The van der Waals surface area contributed by atoms with Gasteiger partial charge in [-0.25, -0.2) is 4.79 Å². The molecule has 1 heterocycles. The second-order valence-electron chi connectivity index (χ2n) is 4.66. The first-order chi connectivity index (χ1) is 10.0. The number of hydrogen-bond acceptors (Lipinski definition) is 4. The maximum atomic E-state index is 12.0. The van der Waals surface area contributed by atoms with Gasteiger partial charge in [-0.3, -0.25) is 0 Å². The van der Waals surface area contributed by atoms with Crippen molar-refractivity contribution in [1.29, 1.82) is 0 Å². The van der Waals surface area contributed by atoms with Crippen LogP contribution >= 0.6 is 22.9 Å². The Morgan fingerprint density at radius 3 is 2.71 bits per heavy atom. The molecule has 0 radical (unpaired) electrons. The maximum Gasteiger partial charge on any atom is 0.350 e. The molecular formula is C16H18ClNO2S. The Labute approximate surface area is 133 Å². The Hall–Kier alpha value is -1.52. The lowest BCUT2D eigenvalue weighted by Gasteiger charge is -2.07. The van der Waals surface area contributed by atoms with Crippen LogP contribution in [0.3, 0.4) is 0 Å². The summed E-state index contributed by atoms with van der Waals surface area (Å²) in [5.41, 5.74) is 9.52. The molecule has 2 rings (SSSR count). The molecule has 0 saturated heterocycles. The molecule has 0 aliphatic rings. The van der Waals surface area contributed by atoms with Gasteiger partial charge < -0.3 is 10.5 Å². The van der Waals surface area contributed by atoms with Crippen molar-refractivity contribution in [2.75, 3.05) is 12.3 Å². The number of halogens is 1. The van der Waals surface area contributed by atoms with E-state index >= 15 is 0 Å². The van der Waals surface area contributed by atoms with Crippen molar-refractivity contribution in [1.82, 2.24) is 0 Å². The minimum absolute atomic E-state index is 0.332. The summed E-state index contributed by atoms with van der Waals surface area (Å²) in [6.45, 7) is 6.08. The number of aryl methyl sites for hydroxylation is 1. The zero-order chi connectivity index (χ0) is 15.6. The number of carbonyl (C=O) groups is 1. The predicted octanol–water partition coefficient (Wildman–Crippen LogP) is 4.70. The average molecular weight is 324 g/mol. The highest BCUT2D eigenvalue weighted by Crippen LogP contribution is 2.42. The normalized spacial score (nSPS) is 10.7. The first-order valence-corrected chi connectivity index (χ1v) is 8.04. The van der Waals surface area contributed by atoms with Crippen molar-refractivity contribution in [2.45, 2.75) is 27.2 Å². The smallest absolute Gasteiger partial charge is 0.350 e. The molecule has 0 saturated carbocycles. The fourth-order valence-electron chi connectivity index (χ4n) is 2.22. The van der Waals surface area contributed by atoms with Crippen LogP contribution in [0.15, 0.2) is 18.2 Å². The Kier molecular flexibility index (Phi) is 4.91. The topological polar surface area (TPSA) is 52.3 Å². The second-order valence-corrected chi connectivity index (χ2v) is 6.06. The molecule has 0 aliphatic carbocycles. The van der Waals surface area contributed by atoms with Gasteiger partial charge in [0, 0.05) is 10.4 Å². The number of thiophene rings is 1. The Bertz CT molecular complexity index is 679. The first-order valence-electron chi connectivity index (χ1n) is 6.84. The number of esters is 1. The van der Waals surface area contributed by atoms with E-state index < -0.39 is 0 Å². The van der Waals surface area contributed by atoms with Gasteiger partial charge in [0.05, 0.1) is 17.3 Å². The molecule has 0 atom stereocenters. The van der Waals surface area contributed by atoms with E-state index in [1.54, 1.807) is 6.92 Å². The van der Waals surface area contributed by atoms with E-state index in [1.807, 2.05) is 32.0 Å². The molecular weight excluding hydrogens is 306 g/mol. The first kappa shape index (κ1) is 15.9. The molecule has 1 aromatic heterocycles. The summed E-state index contributed by atoms with van der Waals surface area (Å²) >= 11 is 7.76. The second kappa shape index (κ2) is 6.50. The van der Waals surface area contributed by atoms with E-state index in [1.165, 1.54) is 11.3 Å². The highest BCUT2D eigenvalue weighted by Gasteiger charge is 2.23. The van der Waals surface area contributed by atoms with Gasteiger partial charge in [-0.1, -0.05) is 36.7 Å². The standard InChI is InChI=1S/C16H18ClNO2S/c1-4-10-13(18)15(16(19)20-5-2)21-14(10)11-8-6-7-9(3)12(11)17/h6-8H,4-5,18H2,1-3H3. The van der Waals surface area contributed by atoms with Crippen molar-refractivity contribution in [3.63, 3.8) is 0 Å². The SMILES string of the molecule is CCOC(=O)c1sc(-c2cccc(C)c2Cl)c(CC)c1N. The molecule has 2 N–H and O–H groups in total. The number of rotatable bonds is 4. The van der Waals surface area contributed by atoms with E-state index in [9.17, 15) is 4.79 Å². The molecule has 0 fully saturated rings. The van der Waals surface area contributed by atoms with Gasteiger partial charge in [0.25, 0.3) is 0 Å². The predicted molar refractivity (Wildman–Crippen MR) is 89.2 cm³/mol. The third-order valence-electron chi connectivity index (χ3n) is 3.30. The molecule has 3 nitrogen and oxygen atoms in total. The summed E-state index contributed by atoms with van der Waals surface area (Å²) in [5, 5.41) is 0.698. The fraction of sp³-hybridized carbons (Fsp3) is 0.312. The average Bonchev–Trinajstić information content (AvgIpc) is 2.79. The van der Waals surface area contributed by atoms with Crippen molar-refractivity contribution in [3.05, 3.63) is 39.2 Å². The number of anilines is 1. The molecule has 1 aromatic carbocycles. The highest BCUT2D eigenvalue weighted by atomic mass is 35.5. The monoisotopic (exact) mass is 323 g/mol. The summed E-state index contributed by atoms with van der Waals surface area (Å²) in [7, 11) is 0. The van der Waals surface area contributed by atoms with Crippen molar-refractivity contribution >= 4 is 34.6 Å². The third-order valence-corrected chi connectivity index (χ3v) is 5.06. The van der Waals surface area contributed by atoms with Gasteiger partial charge in [0.2, 0.25) is 0 Å². The summed E-state index contributed by atoms with van der Waals surface area (Å²) in [6.07, 6.45) is 0.737. The lowest BCUT2D eigenvalue weighted by atomic mass is 10.0. The van der Waals surface area contributed by atoms with Crippen LogP contribution < -0.4 is 5.73 Å². The number of hydrogen-bond donors (Lipinski definition) is 1. The molecule has 0 amide bonds. The van der Waals surface area contributed by atoms with Crippen LogP contribution in [0.1, 0.15) is 34.6 Å². The highest BCUT2D eigenvalue weighted by molar-refractivity contribution is 7.18. The van der Waals surface area contributed by atoms with E-state index in [0.717, 1.165) is 28.0 Å². The lowest BCUT2D eigenvalue weighted by molar-refractivity contribution is 0.0533. The van der Waals surface area contributed by atoms with Gasteiger partial charge in [-0.2, -0.15) is 0 Å². The third kappa shape index (κ3) is 2.92. The van der Waals surface area contributed by atoms with Crippen LogP contribution in [0.25, 0.3) is 10.4 Å². The van der Waals surface area contributed by atoms with Crippen LogP contribution in [0, 0.1) is 6.92 Å². The number of nitrogens with two attached hydrogens (primary N) is 1. The molecule has 5 heteroatoms. The van der Waals surface area contributed by atoms with Gasteiger partial charge >= 0.3 is 5.97 Å². The molecule has 21 heavy (non-hydrogen) atoms. The number of benzene rings is 1. The van der Waals surface area contributed by atoms with Crippen LogP contribution in [0.2, 0.25) is 5.02 Å². The van der Waals surface area contributed by atoms with Gasteiger partial charge in [0.15, 0.2) is 0 Å².